The first-order valence-electron chi connectivity index (χ1n) is 6.85. The van der Waals surface area contributed by atoms with Crippen LogP contribution in [0.1, 0.15) is 5.56 Å². The Balaban J connectivity index is 2.03. The van der Waals surface area contributed by atoms with Crippen LogP contribution in [0.4, 0.5) is 4.39 Å². The molecule has 22 heavy (non-hydrogen) atoms. The third-order valence-electron chi connectivity index (χ3n) is 3.29. The standard InChI is InChI=1S/C16H15FN2O2S/c17-13-4-1-12(2-5-13)3-6-15(20)14(11-18)16(21)19-7-9-22-10-8-19/h1-6,14H,7-10H2/b6-3-/t14-/m0/s1. The van der Waals surface area contributed by atoms with Gasteiger partial charge in [0, 0.05) is 24.6 Å². The maximum Gasteiger partial charge on any atom is 0.247 e. The Morgan fingerprint density at radius 1 is 1.27 bits per heavy atom. The Bertz CT molecular complexity index is 616. The molecule has 1 aromatic rings. The number of rotatable bonds is 4. The van der Waals surface area contributed by atoms with Crippen LogP contribution in [-0.4, -0.2) is 41.2 Å². The molecule has 0 radical (unpaired) electrons. The third-order valence-corrected chi connectivity index (χ3v) is 4.24. The van der Waals surface area contributed by atoms with Gasteiger partial charge in [-0.1, -0.05) is 18.2 Å². The second-order valence-corrected chi connectivity index (χ2v) is 6.01. The lowest BCUT2D eigenvalue weighted by molar-refractivity contribution is -0.137. The Labute approximate surface area is 132 Å². The fraction of sp³-hybridized carbons (Fsp3) is 0.312. The summed E-state index contributed by atoms with van der Waals surface area (Å²) in [7, 11) is 0. The van der Waals surface area contributed by atoms with E-state index in [0.717, 1.165) is 11.5 Å². The zero-order valence-corrected chi connectivity index (χ0v) is 12.7. The van der Waals surface area contributed by atoms with Crippen LogP contribution < -0.4 is 0 Å². The number of benzene rings is 1. The second kappa shape index (κ2) is 7.76. The van der Waals surface area contributed by atoms with E-state index in [1.807, 2.05) is 0 Å². The first-order valence-corrected chi connectivity index (χ1v) is 8.01. The van der Waals surface area contributed by atoms with Gasteiger partial charge in [0.05, 0.1) is 6.07 Å². The summed E-state index contributed by atoms with van der Waals surface area (Å²) in [6, 6.07) is 7.38. The van der Waals surface area contributed by atoms with Gasteiger partial charge in [-0.3, -0.25) is 9.59 Å². The van der Waals surface area contributed by atoms with E-state index >= 15 is 0 Å². The lowest BCUT2D eigenvalue weighted by Crippen LogP contribution is -2.43. The van der Waals surface area contributed by atoms with Crippen LogP contribution in [-0.2, 0) is 9.59 Å². The van der Waals surface area contributed by atoms with Crippen LogP contribution >= 0.6 is 11.8 Å². The molecule has 1 saturated heterocycles. The van der Waals surface area contributed by atoms with Crippen molar-refractivity contribution < 1.29 is 14.0 Å². The van der Waals surface area contributed by atoms with Crippen molar-refractivity contribution in [1.82, 2.24) is 4.90 Å². The predicted octanol–water partition coefficient (Wildman–Crippen LogP) is 2.12. The number of thioether (sulfide) groups is 1. The normalized spacial score (nSPS) is 16.3. The maximum atomic E-state index is 12.8. The molecular formula is C16H15FN2O2S. The summed E-state index contributed by atoms with van der Waals surface area (Å²) in [6.07, 6.45) is 2.68. The summed E-state index contributed by atoms with van der Waals surface area (Å²) in [5.41, 5.74) is 0.633. The molecular weight excluding hydrogens is 303 g/mol. The molecule has 0 saturated carbocycles. The Kier molecular flexibility index (Phi) is 5.73. The molecule has 1 aliphatic rings. The highest BCUT2D eigenvalue weighted by molar-refractivity contribution is 7.99. The van der Waals surface area contributed by atoms with Crippen molar-refractivity contribution in [3.05, 3.63) is 41.7 Å². The topological polar surface area (TPSA) is 61.2 Å². The van der Waals surface area contributed by atoms with E-state index in [0.29, 0.717) is 18.7 Å². The number of hydrogen-bond acceptors (Lipinski definition) is 4. The number of carbonyl (C=O) groups is 2. The van der Waals surface area contributed by atoms with Gasteiger partial charge in [0.2, 0.25) is 5.91 Å². The molecule has 1 aliphatic heterocycles. The molecule has 2 rings (SSSR count). The fourth-order valence-corrected chi connectivity index (χ4v) is 2.96. The molecule has 0 spiro atoms. The summed E-state index contributed by atoms with van der Waals surface area (Å²) >= 11 is 1.75. The summed E-state index contributed by atoms with van der Waals surface area (Å²) in [6.45, 7) is 1.13. The van der Waals surface area contributed by atoms with E-state index in [1.54, 1.807) is 22.7 Å². The van der Waals surface area contributed by atoms with Crippen LogP contribution in [0, 0.1) is 23.1 Å². The predicted molar refractivity (Wildman–Crippen MR) is 83.4 cm³/mol. The van der Waals surface area contributed by atoms with E-state index in [-0.39, 0.29) is 5.82 Å². The minimum Gasteiger partial charge on any atom is -0.339 e. The smallest absolute Gasteiger partial charge is 0.247 e. The quantitative estimate of drug-likeness (QED) is 0.630. The minimum absolute atomic E-state index is 0.364. The van der Waals surface area contributed by atoms with E-state index < -0.39 is 17.6 Å². The molecule has 0 aromatic heterocycles. The molecule has 114 valence electrons. The van der Waals surface area contributed by atoms with Crippen molar-refractivity contribution in [2.24, 2.45) is 5.92 Å². The number of carbonyl (C=O) groups excluding carboxylic acids is 2. The lowest BCUT2D eigenvalue weighted by atomic mass is 10.0. The zero-order valence-electron chi connectivity index (χ0n) is 11.9. The van der Waals surface area contributed by atoms with Crippen LogP contribution in [0.3, 0.4) is 0 Å². The molecule has 0 unspecified atom stereocenters. The third kappa shape index (κ3) is 4.18. The van der Waals surface area contributed by atoms with E-state index in [9.17, 15) is 14.0 Å². The summed E-state index contributed by atoms with van der Waals surface area (Å²) < 4.78 is 12.8. The largest absolute Gasteiger partial charge is 0.339 e. The Morgan fingerprint density at radius 3 is 2.50 bits per heavy atom. The minimum atomic E-state index is -1.31. The summed E-state index contributed by atoms with van der Waals surface area (Å²) in [5, 5.41) is 9.12. The van der Waals surface area contributed by atoms with Crippen molar-refractivity contribution in [2.45, 2.75) is 0 Å². The molecule has 1 heterocycles. The molecule has 1 aromatic carbocycles. The average molecular weight is 318 g/mol. The summed E-state index contributed by atoms with van der Waals surface area (Å²) in [4.78, 5) is 25.8. The van der Waals surface area contributed by atoms with Gasteiger partial charge >= 0.3 is 0 Å². The van der Waals surface area contributed by atoms with Crippen molar-refractivity contribution in [1.29, 1.82) is 5.26 Å². The number of hydrogen-bond donors (Lipinski definition) is 0. The van der Waals surface area contributed by atoms with E-state index in [2.05, 4.69) is 0 Å². The fourth-order valence-electron chi connectivity index (χ4n) is 2.06. The summed E-state index contributed by atoms with van der Waals surface area (Å²) in [5.74, 6) is -1.00. The van der Waals surface area contributed by atoms with Gasteiger partial charge in [-0.25, -0.2) is 4.39 Å². The lowest BCUT2D eigenvalue weighted by Gasteiger charge is -2.27. The van der Waals surface area contributed by atoms with Gasteiger partial charge < -0.3 is 4.90 Å². The number of halogens is 1. The van der Waals surface area contributed by atoms with Gasteiger partial charge in [-0.15, -0.1) is 0 Å². The van der Waals surface area contributed by atoms with Crippen molar-refractivity contribution in [3.8, 4) is 6.07 Å². The number of amides is 1. The molecule has 4 nitrogen and oxygen atoms in total. The monoisotopic (exact) mass is 318 g/mol. The molecule has 1 amide bonds. The van der Waals surface area contributed by atoms with E-state index in [1.165, 1.54) is 36.4 Å². The number of nitrogens with zero attached hydrogens (tertiary/aromatic N) is 2. The van der Waals surface area contributed by atoms with Crippen molar-refractivity contribution in [3.63, 3.8) is 0 Å². The molecule has 6 heteroatoms. The van der Waals surface area contributed by atoms with Gasteiger partial charge in [0.1, 0.15) is 5.82 Å². The highest BCUT2D eigenvalue weighted by atomic mass is 32.2. The molecule has 0 bridgehead atoms. The molecule has 0 N–H and O–H groups in total. The van der Waals surface area contributed by atoms with Crippen molar-refractivity contribution in [2.75, 3.05) is 24.6 Å². The molecule has 1 fully saturated rings. The molecule has 1 atom stereocenters. The maximum absolute atomic E-state index is 12.8. The first-order chi connectivity index (χ1) is 10.6. The number of ketones is 1. The van der Waals surface area contributed by atoms with Gasteiger partial charge in [-0.2, -0.15) is 17.0 Å². The SMILES string of the molecule is N#C[C@@H](C(=O)/C=C\c1ccc(F)cc1)C(=O)N1CCSCC1. The van der Waals surface area contributed by atoms with Gasteiger partial charge in [0.25, 0.3) is 0 Å². The van der Waals surface area contributed by atoms with Crippen LogP contribution in [0.5, 0.6) is 0 Å². The first kappa shape index (κ1) is 16.2. The number of allylic oxidation sites excluding steroid dienone is 1. The Morgan fingerprint density at radius 2 is 1.91 bits per heavy atom. The molecule has 0 aliphatic carbocycles. The zero-order chi connectivity index (χ0) is 15.9. The van der Waals surface area contributed by atoms with E-state index in [4.69, 9.17) is 5.26 Å². The Hall–Kier alpha value is -2.13. The van der Waals surface area contributed by atoms with Crippen LogP contribution in [0.2, 0.25) is 0 Å². The van der Waals surface area contributed by atoms with Gasteiger partial charge in [0.15, 0.2) is 11.7 Å². The highest BCUT2D eigenvalue weighted by Gasteiger charge is 2.29. The van der Waals surface area contributed by atoms with Gasteiger partial charge in [-0.05, 0) is 23.8 Å². The average Bonchev–Trinajstić information content (AvgIpc) is 2.55. The number of nitriles is 1. The van der Waals surface area contributed by atoms with Crippen molar-refractivity contribution >= 4 is 29.5 Å². The van der Waals surface area contributed by atoms with Crippen LogP contribution in [0.25, 0.3) is 6.08 Å². The highest BCUT2D eigenvalue weighted by Crippen LogP contribution is 2.14. The second-order valence-electron chi connectivity index (χ2n) is 4.79. The van der Waals surface area contributed by atoms with Crippen LogP contribution in [0.15, 0.2) is 30.3 Å².